The maximum absolute atomic E-state index is 13.8. The van der Waals surface area contributed by atoms with Gasteiger partial charge in [0.05, 0.1) is 67.9 Å². The van der Waals surface area contributed by atoms with Gasteiger partial charge < -0.3 is 87.9 Å². The van der Waals surface area contributed by atoms with E-state index in [1.165, 1.54) is 45.1 Å². The summed E-state index contributed by atoms with van der Waals surface area (Å²) >= 11 is 0. The Hall–Kier alpha value is -4.26. The molecule has 8 aliphatic rings. The van der Waals surface area contributed by atoms with Gasteiger partial charge in [0.1, 0.15) is 36.8 Å². The number of carbonyl (C=O) groups excluding carboxylic acids is 6. The second kappa shape index (κ2) is 34.8. The lowest BCUT2D eigenvalue weighted by Gasteiger charge is -2.57. The third-order valence-corrected chi connectivity index (χ3v) is 22.5. The number of likely N-dealkylation sites (N-methyl/N-ethyl adjacent to an activating group) is 1. The van der Waals surface area contributed by atoms with Crippen LogP contribution >= 0.6 is 8.25 Å². The van der Waals surface area contributed by atoms with Crippen LogP contribution in [0.3, 0.4) is 0 Å². The second-order valence-corrected chi connectivity index (χ2v) is 30.0. The number of carbonyl (C=O) groups is 6. The number of hydrogen-bond donors (Lipinski definition) is 7. The van der Waals surface area contributed by atoms with Crippen LogP contribution in [0.5, 0.6) is 0 Å². The van der Waals surface area contributed by atoms with E-state index in [1.54, 1.807) is 66.6 Å². The Bertz CT molecular complexity index is 2960. The molecule has 7 N–H and O–H groups in total. The van der Waals surface area contributed by atoms with E-state index < -0.39 is 165 Å². The monoisotopic (exact) mass is 1410 g/mol. The summed E-state index contributed by atoms with van der Waals surface area (Å²) in [6, 6.07) is -0.753. The molecule has 4 aliphatic carbocycles. The number of esters is 2. The summed E-state index contributed by atoms with van der Waals surface area (Å²) < 4.78 is 66.5. The molecule has 7 unspecified atom stereocenters. The second-order valence-electron chi connectivity index (χ2n) is 29.4. The number of rotatable bonds is 16. The minimum atomic E-state index is -3.04. The molecule has 556 valence electrons. The van der Waals surface area contributed by atoms with Crippen LogP contribution in [0.4, 0.5) is 0 Å². The fraction of sp³-hybridized carbons (Fsp3) is 0.775. The molecule has 0 amide bonds. The summed E-state index contributed by atoms with van der Waals surface area (Å²) in [6.07, 6.45) is 0.111. The van der Waals surface area contributed by atoms with Crippen molar-refractivity contribution in [3.63, 3.8) is 0 Å². The zero-order valence-electron chi connectivity index (χ0n) is 59.8. The number of nitrogens with zero attached hydrogens (tertiary/aromatic N) is 1. The van der Waals surface area contributed by atoms with Gasteiger partial charge >= 0.3 is 20.2 Å². The molecule has 0 spiro atoms. The highest BCUT2D eigenvalue weighted by Crippen LogP contribution is 2.69. The molecule has 3 saturated heterocycles. The fourth-order valence-electron chi connectivity index (χ4n) is 17.1. The zero-order valence-corrected chi connectivity index (χ0v) is 60.7. The lowest BCUT2D eigenvalue weighted by molar-refractivity contribution is -0.341. The lowest BCUT2D eigenvalue weighted by Crippen LogP contribution is -2.65. The molecular weight excluding hydrogens is 1300 g/mol. The molecule has 98 heavy (non-hydrogen) atoms. The van der Waals surface area contributed by atoms with Crippen molar-refractivity contribution in [2.75, 3.05) is 34.4 Å². The first-order valence-electron chi connectivity index (χ1n) is 34.3. The van der Waals surface area contributed by atoms with Crippen LogP contribution < -0.4 is 4.89 Å². The fourth-order valence-corrected chi connectivity index (χ4v) is 17.1. The summed E-state index contributed by atoms with van der Waals surface area (Å²) in [4.78, 5) is 87.5. The average molecular weight is 1410 g/mol. The molecular formula is C71H112NO25P. The van der Waals surface area contributed by atoms with E-state index >= 15 is 0 Å². The summed E-state index contributed by atoms with van der Waals surface area (Å²) in [5, 5.41) is 72.8. The molecule has 4 heterocycles. The number of aliphatic hydroxyl groups is 6. The van der Waals surface area contributed by atoms with Gasteiger partial charge in [-0.2, -0.15) is 0 Å². The molecule has 0 aromatic carbocycles. The number of ether oxygens (including phenoxy) is 9. The van der Waals surface area contributed by atoms with Gasteiger partial charge in [-0.15, -0.1) is 0 Å². The van der Waals surface area contributed by atoms with Gasteiger partial charge in [-0.25, -0.2) is 5.26 Å². The molecule has 2 saturated carbocycles. The lowest BCUT2D eigenvalue weighted by atomic mass is 9.47. The molecule has 0 aromatic heterocycles. The van der Waals surface area contributed by atoms with E-state index in [9.17, 15) is 59.4 Å². The maximum Gasteiger partial charge on any atom is 0.521 e. The van der Waals surface area contributed by atoms with E-state index in [2.05, 4.69) is 38.1 Å². The highest BCUT2D eigenvalue weighted by molar-refractivity contribution is 7.30. The highest BCUT2D eigenvalue weighted by Gasteiger charge is 2.69. The first-order chi connectivity index (χ1) is 45.8. The van der Waals surface area contributed by atoms with Crippen LogP contribution in [0, 0.1) is 58.2 Å². The van der Waals surface area contributed by atoms with E-state index in [-0.39, 0.29) is 68.5 Å². The molecule has 0 aromatic rings. The van der Waals surface area contributed by atoms with Crippen molar-refractivity contribution in [1.82, 2.24) is 4.90 Å². The van der Waals surface area contributed by atoms with Crippen molar-refractivity contribution in [3.05, 3.63) is 59.3 Å². The minimum absolute atomic E-state index is 0. The van der Waals surface area contributed by atoms with Crippen LogP contribution in [0.15, 0.2) is 59.3 Å². The Morgan fingerprint density at radius 1 is 0.888 bits per heavy atom. The number of cyclic esters (lactones) is 1. The number of Topliss-reactive ketones (excluding diaryl/α,β-unsaturated/α-hetero) is 1. The quantitative estimate of drug-likeness (QED) is 0.0236. The van der Waals surface area contributed by atoms with E-state index in [0.717, 1.165) is 24.8 Å². The number of aldehydes is 1. The molecule has 27 heteroatoms. The molecule has 28 atom stereocenters. The van der Waals surface area contributed by atoms with Crippen LogP contribution in [0.25, 0.3) is 0 Å². The van der Waals surface area contributed by atoms with Crippen LogP contribution in [0.1, 0.15) is 156 Å². The zero-order chi connectivity index (χ0) is 73.4. The normalized spacial score (nSPS) is 43.5. The van der Waals surface area contributed by atoms with Crippen LogP contribution in [0.2, 0.25) is 0 Å². The predicted octanol–water partition coefficient (Wildman–Crippen LogP) is 5.91. The van der Waals surface area contributed by atoms with E-state index in [4.69, 9.17) is 57.3 Å². The smallest absolute Gasteiger partial charge is 0.521 e. The summed E-state index contributed by atoms with van der Waals surface area (Å²) in [6.45, 7) is 26.9. The third kappa shape index (κ3) is 18.2. The molecule has 4 aliphatic heterocycles. The molecule has 26 nitrogen and oxygen atoms in total. The topological polar surface area (TPSA) is 380 Å². The van der Waals surface area contributed by atoms with E-state index in [1.807, 2.05) is 19.1 Å². The number of allylic oxidation sites excluding steroid dienone is 7. The molecule has 5 fully saturated rings. The number of hydrogen-bond acceptors (Lipinski definition) is 26. The molecule has 8 rings (SSSR count). The number of methoxy groups -OCH3 is 1. The minimum Gasteiger partial charge on any atom is -0.565 e. The standard InChI is InChI=1S/C46H77NO17.C25H32O4.HO4P.H2/c1-12-34-30(22-58-45-42(57-11)31(21-49)38(53)26(5)60-45)17-23(2)13-14-32(50)24(3)18-29(15-16-48)40(25(4)33(51)19-35(52)62-34)64-44-39(54)37(47(9)10)41(27(6)61-44)63-36-20-46(8,56)43(55)28(7)59-36;1-14-11-19-20(23(5)9-7-18(28)13-21(14)23)8-10-24(6)22(19)12-15(2)25(24,16(3)26)29-17(4)27;1-4-5(2)3;/h13-14,16-17,24-31,33-34,36-45,49,51,53-56H,12,15,18-22H2,1-11H3;11,13,19-20,22H,2,7-10,12H2,1,3-6H3;1H;1H/b14-13+,23-17+;;;/t24-,25+,26?,27?,28?,29+,30-,31+,33-,34-,36+,37+,38-,39?,40-,41-,42?,43+,44+,45-,46?;19-,20+,22+,23-,24+,25+;;/m11../s1. The Labute approximate surface area is 578 Å². The van der Waals surface area contributed by atoms with Crippen LogP contribution in [-0.4, -0.2) is 214 Å². The predicted molar refractivity (Wildman–Crippen MR) is 354 cm³/mol. The van der Waals surface area contributed by atoms with Crippen molar-refractivity contribution >= 4 is 43.8 Å². The number of aliphatic hydroxyl groups excluding tert-OH is 5. The van der Waals surface area contributed by atoms with Gasteiger partial charge in [0.2, 0.25) is 0 Å². The average Bonchev–Trinajstić information content (AvgIpc) is 1.58. The molecule has 0 bridgehead atoms. The third-order valence-electron chi connectivity index (χ3n) is 22.4. The summed E-state index contributed by atoms with van der Waals surface area (Å²) in [5.41, 5.74) is 0.609. The van der Waals surface area contributed by atoms with Gasteiger partial charge in [0.25, 0.3) is 0 Å². The Kier molecular flexibility index (Phi) is 29.4. The van der Waals surface area contributed by atoms with Gasteiger partial charge in [0, 0.05) is 68.5 Å². The van der Waals surface area contributed by atoms with E-state index in [0.29, 0.717) is 37.0 Å². The summed E-state index contributed by atoms with van der Waals surface area (Å²) in [5.74, 6) is -3.74. The van der Waals surface area contributed by atoms with Crippen LogP contribution in [-0.2, 0) is 80.6 Å². The van der Waals surface area contributed by atoms with Gasteiger partial charge in [0.15, 0.2) is 41.8 Å². The van der Waals surface area contributed by atoms with Gasteiger partial charge in [-0.1, -0.05) is 70.6 Å². The Balaban J connectivity index is 0.000000414. The van der Waals surface area contributed by atoms with Crippen molar-refractivity contribution in [1.29, 1.82) is 0 Å². The SMILES string of the molecule is C=C1C[C@H]2[C@@H]3C=C(C)C4=CC(=O)CC[C@]4(C)[C@H]3CC[C@]2(C)[C@@]1(OC(C)=O)C(C)=O.CC[C@H]1OC(=O)C[C@@H](O)[C@H](C)[C@@H](O[C@@H]2OC(C)[C@@H](O[C@H]3CC(C)(O)[C@@H](O)C(C)O3)[C@@H](N(C)C)C2O)[C@@H](CC=O)C[C@@H](C)C(=O)/C=C/C(C)=C/[C@@H]1CO[C@@H]1OC(C)[C@@H](O)[C@H](CO)C1OC.O=[P+]([O-])OO.[HH]. The van der Waals surface area contributed by atoms with Crippen molar-refractivity contribution in [3.8, 4) is 0 Å². The Morgan fingerprint density at radius 2 is 1.54 bits per heavy atom. The van der Waals surface area contributed by atoms with Gasteiger partial charge in [-0.05, 0) is 158 Å². The van der Waals surface area contributed by atoms with Crippen molar-refractivity contribution in [2.24, 2.45) is 58.2 Å². The van der Waals surface area contributed by atoms with Crippen molar-refractivity contribution < 1.29 is 123 Å². The maximum atomic E-state index is 13.8. The summed E-state index contributed by atoms with van der Waals surface area (Å²) in [7, 11) is 1.89. The first kappa shape index (κ1) is 82.7. The number of fused-ring (bicyclic) bond motifs is 5. The van der Waals surface area contributed by atoms with Crippen molar-refractivity contribution in [2.45, 2.75) is 257 Å². The largest absolute Gasteiger partial charge is 0.565 e. The Morgan fingerprint density at radius 3 is 2.11 bits per heavy atom. The molecule has 0 radical (unpaired) electrons. The number of ketones is 3. The first-order valence-corrected chi connectivity index (χ1v) is 35.4. The van der Waals surface area contributed by atoms with Gasteiger partial charge in [-0.3, -0.25) is 24.0 Å². The highest BCUT2D eigenvalue weighted by atomic mass is 31.1.